The SMILES string of the molecule is Cc1cnc(CNc2ncccc2S(C)(=O)=O)cn1. The first kappa shape index (κ1) is 13.4. The fourth-order valence-corrected chi connectivity index (χ4v) is 2.31. The Balaban J connectivity index is 2.18. The minimum Gasteiger partial charge on any atom is -0.363 e. The van der Waals surface area contributed by atoms with Crippen molar-refractivity contribution in [1.29, 1.82) is 0 Å². The Morgan fingerprint density at radius 3 is 2.63 bits per heavy atom. The molecule has 7 heteroatoms. The molecule has 0 amide bonds. The van der Waals surface area contributed by atoms with Crippen LogP contribution in [0.3, 0.4) is 0 Å². The van der Waals surface area contributed by atoms with E-state index < -0.39 is 9.84 Å². The molecule has 0 aromatic carbocycles. The summed E-state index contributed by atoms with van der Waals surface area (Å²) in [5, 5.41) is 2.96. The van der Waals surface area contributed by atoms with Crippen molar-refractivity contribution in [2.45, 2.75) is 18.4 Å². The first-order valence-electron chi connectivity index (χ1n) is 5.63. The van der Waals surface area contributed by atoms with Gasteiger partial charge in [0.1, 0.15) is 10.7 Å². The Labute approximate surface area is 111 Å². The van der Waals surface area contributed by atoms with Gasteiger partial charge in [-0.3, -0.25) is 9.97 Å². The Kier molecular flexibility index (Phi) is 3.75. The lowest BCUT2D eigenvalue weighted by Gasteiger charge is -2.08. The molecule has 2 heterocycles. The third kappa shape index (κ3) is 3.47. The van der Waals surface area contributed by atoms with E-state index >= 15 is 0 Å². The van der Waals surface area contributed by atoms with E-state index in [1.165, 1.54) is 12.3 Å². The van der Waals surface area contributed by atoms with Crippen LogP contribution in [0.2, 0.25) is 0 Å². The second kappa shape index (κ2) is 5.31. The molecule has 0 aliphatic heterocycles. The van der Waals surface area contributed by atoms with E-state index in [-0.39, 0.29) is 4.90 Å². The van der Waals surface area contributed by atoms with Crippen molar-refractivity contribution in [3.63, 3.8) is 0 Å². The number of sulfone groups is 1. The van der Waals surface area contributed by atoms with E-state index in [9.17, 15) is 8.42 Å². The van der Waals surface area contributed by atoms with Gasteiger partial charge >= 0.3 is 0 Å². The predicted molar refractivity (Wildman–Crippen MR) is 71.4 cm³/mol. The van der Waals surface area contributed by atoms with Crippen LogP contribution in [0.4, 0.5) is 5.82 Å². The third-order valence-electron chi connectivity index (χ3n) is 2.44. The highest BCUT2D eigenvalue weighted by atomic mass is 32.2. The lowest BCUT2D eigenvalue weighted by Crippen LogP contribution is -2.09. The third-order valence-corrected chi connectivity index (χ3v) is 3.57. The summed E-state index contributed by atoms with van der Waals surface area (Å²) in [5.41, 5.74) is 1.55. The lowest BCUT2D eigenvalue weighted by molar-refractivity contribution is 0.601. The molecule has 19 heavy (non-hydrogen) atoms. The number of pyridine rings is 1. The lowest BCUT2D eigenvalue weighted by atomic mass is 10.4. The van der Waals surface area contributed by atoms with Crippen LogP contribution in [0.25, 0.3) is 0 Å². The number of nitrogens with one attached hydrogen (secondary N) is 1. The molecule has 0 fully saturated rings. The maximum absolute atomic E-state index is 11.6. The zero-order chi connectivity index (χ0) is 13.9. The average molecular weight is 278 g/mol. The molecule has 0 spiro atoms. The number of anilines is 1. The molecule has 0 aliphatic carbocycles. The van der Waals surface area contributed by atoms with Gasteiger partial charge in [0.15, 0.2) is 9.84 Å². The van der Waals surface area contributed by atoms with Crippen LogP contribution in [-0.4, -0.2) is 29.6 Å². The molecule has 2 aromatic heterocycles. The zero-order valence-corrected chi connectivity index (χ0v) is 11.5. The quantitative estimate of drug-likeness (QED) is 0.904. The summed E-state index contributed by atoms with van der Waals surface area (Å²) in [7, 11) is -3.31. The molecule has 0 atom stereocenters. The number of aromatic nitrogens is 3. The van der Waals surface area contributed by atoms with Crippen molar-refractivity contribution in [2.24, 2.45) is 0 Å². The van der Waals surface area contributed by atoms with E-state index in [1.807, 2.05) is 6.92 Å². The molecular weight excluding hydrogens is 264 g/mol. The fraction of sp³-hybridized carbons (Fsp3) is 0.250. The maximum Gasteiger partial charge on any atom is 0.179 e. The van der Waals surface area contributed by atoms with Crippen LogP contribution in [0.15, 0.2) is 35.6 Å². The first-order valence-corrected chi connectivity index (χ1v) is 7.52. The Bertz CT molecular complexity index is 668. The normalized spacial score (nSPS) is 11.3. The molecular formula is C12H14N4O2S. The van der Waals surface area contributed by atoms with Gasteiger partial charge in [0.05, 0.1) is 24.1 Å². The molecule has 2 aromatic rings. The summed E-state index contributed by atoms with van der Waals surface area (Å²) >= 11 is 0. The number of rotatable bonds is 4. The topological polar surface area (TPSA) is 84.8 Å². The highest BCUT2D eigenvalue weighted by Crippen LogP contribution is 2.18. The summed E-state index contributed by atoms with van der Waals surface area (Å²) in [4.78, 5) is 12.5. The van der Waals surface area contributed by atoms with Crippen molar-refractivity contribution >= 4 is 15.7 Å². The van der Waals surface area contributed by atoms with E-state index in [1.54, 1.807) is 18.5 Å². The summed E-state index contributed by atoms with van der Waals surface area (Å²) in [6.45, 7) is 2.22. The molecule has 1 N–H and O–H groups in total. The molecule has 100 valence electrons. The van der Waals surface area contributed by atoms with Gasteiger partial charge in [0.25, 0.3) is 0 Å². The van der Waals surface area contributed by atoms with Gasteiger partial charge in [-0.1, -0.05) is 0 Å². The molecule has 0 saturated heterocycles. The highest BCUT2D eigenvalue weighted by Gasteiger charge is 2.13. The number of hydrogen-bond donors (Lipinski definition) is 1. The molecule has 6 nitrogen and oxygen atoms in total. The molecule has 2 rings (SSSR count). The smallest absolute Gasteiger partial charge is 0.179 e. The van der Waals surface area contributed by atoms with Crippen LogP contribution in [0.5, 0.6) is 0 Å². The summed E-state index contributed by atoms with van der Waals surface area (Å²) in [6, 6.07) is 3.11. The van der Waals surface area contributed by atoms with Crippen molar-refractivity contribution < 1.29 is 8.42 Å². The Morgan fingerprint density at radius 1 is 1.21 bits per heavy atom. The zero-order valence-electron chi connectivity index (χ0n) is 10.7. The molecule has 0 aliphatic rings. The van der Waals surface area contributed by atoms with Crippen LogP contribution in [0.1, 0.15) is 11.4 Å². The minimum absolute atomic E-state index is 0.176. The van der Waals surface area contributed by atoms with Gasteiger partial charge < -0.3 is 5.32 Å². The van der Waals surface area contributed by atoms with Crippen LogP contribution >= 0.6 is 0 Å². The Hall–Kier alpha value is -2.02. The van der Waals surface area contributed by atoms with Crippen molar-refractivity contribution in [3.05, 3.63) is 42.1 Å². The molecule has 0 bridgehead atoms. The second-order valence-corrected chi connectivity index (χ2v) is 6.11. The van der Waals surface area contributed by atoms with E-state index in [0.717, 1.165) is 17.6 Å². The Morgan fingerprint density at radius 2 is 2.00 bits per heavy atom. The van der Waals surface area contributed by atoms with Crippen LogP contribution < -0.4 is 5.32 Å². The molecule has 0 unspecified atom stereocenters. The monoisotopic (exact) mass is 278 g/mol. The van der Waals surface area contributed by atoms with Crippen molar-refractivity contribution in [2.75, 3.05) is 11.6 Å². The van der Waals surface area contributed by atoms with E-state index in [4.69, 9.17) is 0 Å². The highest BCUT2D eigenvalue weighted by molar-refractivity contribution is 7.90. The van der Waals surface area contributed by atoms with Gasteiger partial charge in [0.2, 0.25) is 0 Å². The molecule has 0 saturated carbocycles. The number of aryl methyl sites for hydroxylation is 1. The minimum atomic E-state index is -3.31. The largest absolute Gasteiger partial charge is 0.363 e. The molecule has 0 radical (unpaired) electrons. The van der Waals surface area contributed by atoms with Gasteiger partial charge in [-0.25, -0.2) is 13.4 Å². The number of hydrogen-bond acceptors (Lipinski definition) is 6. The van der Waals surface area contributed by atoms with Gasteiger partial charge in [-0.2, -0.15) is 0 Å². The summed E-state index contributed by atoms with van der Waals surface area (Å²) < 4.78 is 23.2. The van der Waals surface area contributed by atoms with Gasteiger partial charge in [0, 0.05) is 18.6 Å². The summed E-state index contributed by atoms with van der Waals surface area (Å²) in [6.07, 6.45) is 6.00. The fourth-order valence-electron chi connectivity index (χ4n) is 1.51. The van der Waals surface area contributed by atoms with Crippen molar-refractivity contribution in [1.82, 2.24) is 15.0 Å². The van der Waals surface area contributed by atoms with Crippen LogP contribution in [0, 0.1) is 6.92 Å². The number of nitrogens with zero attached hydrogens (tertiary/aromatic N) is 3. The van der Waals surface area contributed by atoms with Gasteiger partial charge in [-0.05, 0) is 19.1 Å². The standard InChI is InChI=1S/C12H14N4O2S/c1-9-6-15-10(7-14-9)8-16-12-11(19(2,17)18)4-3-5-13-12/h3-7H,8H2,1-2H3,(H,13,16). The average Bonchev–Trinajstić information content (AvgIpc) is 2.37. The van der Waals surface area contributed by atoms with Crippen molar-refractivity contribution in [3.8, 4) is 0 Å². The van der Waals surface area contributed by atoms with E-state index in [2.05, 4.69) is 20.3 Å². The van der Waals surface area contributed by atoms with E-state index in [0.29, 0.717) is 12.4 Å². The second-order valence-electron chi connectivity index (χ2n) is 4.12. The summed E-state index contributed by atoms with van der Waals surface area (Å²) in [5.74, 6) is 0.326. The maximum atomic E-state index is 11.6. The van der Waals surface area contributed by atoms with Gasteiger partial charge in [-0.15, -0.1) is 0 Å². The first-order chi connectivity index (χ1) is 8.97. The van der Waals surface area contributed by atoms with Crippen LogP contribution in [-0.2, 0) is 16.4 Å². The predicted octanol–water partition coefficient (Wildman–Crippen LogP) is 1.20.